The molecule has 138 valence electrons. The molecule has 0 fully saturated rings. The SMILES string of the molecule is COc1ccc2nc(NC(c3ccc(F)cc3)P(=O)(OC)OC)sc2c1. The molecule has 0 amide bonds. The van der Waals surface area contributed by atoms with Crippen molar-refractivity contribution in [1.29, 1.82) is 0 Å². The van der Waals surface area contributed by atoms with Gasteiger partial charge in [-0.1, -0.05) is 23.5 Å². The van der Waals surface area contributed by atoms with E-state index in [-0.39, 0.29) is 5.82 Å². The number of nitrogens with zero attached hydrogens (tertiary/aromatic N) is 1. The van der Waals surface area contributed by atoms with Gasteiger partial charge in [-0.2, -0.15) is 0 Å². The highest BCUT2D eigenvalue weighted by atomic mass is 32.1. The summed E-state index contributed by atoms with van der Waals surface area (Å²) < 4.78 is 42.7. The Morgan fingerprint density at radius 1 is 1.12 bits per heavy atom. The van der Waals surface area contributed by atoms with Gasteiger partial charge in [0.05, 0.1) is 17.3 Å². The second kappa shape index (κ2) is 7.72. The maximum absolute atomic E-state index is 13.3. The maximum Gasteiger partial charge on any atom is 0.356 e. The van der Waals surface area contributed by atoms with E-state index in [1.807, 2.05) is 18.2 Å². The van der Waals surface area contributed by atoms with Crippen LogP contribution in [0.4, 0.5) is 9.52 Å². The van der Waals surface area contributed by atoms with Crippen LogP contribution in [0, 0.1) is 5.82 Å². The van der Waals surface area contributed by atoms with Crippen LogP contribution in [0.3, 0.4) is 0 Å². The zero-order valence-electron chi connectivity index (χ0n) is 14.4. The minimum Gasteiger partial charge on any atom is -0.497 e. The predicted octanol–water partition coefficient (Wildman–Crippen LogP) is 5.04. The van der Waals surface area contributed by atoms with Gasteiger partial charge in [0.15, 0.2) is 10.9 Å². The Labute approximate surface area is 154 Å². The lowest BCUT2D eigenvalue weighted by Crippen LogP contribution is -2.13. The van der Waals surface area contributed by atoms with Gasteiger partial charge in [0, 0.05) is 14.2 Å². The Morgan fingerprint density at radius 2 is 1.81 bits per heavy atom. The van der Waals surface area contributed by atoms with E-state index in [0.29, 0.717) is 10.7 Å². The molecule has 2 aromatic carbocycles. The first-order valence-electron chi connectivity index (χ1n) is 7.67. The van der Waals surface area contributed by atoms with E-state index in [2.05, 4.69) is 10.3 Å². The highest BCUT2D eigenvalue weighted by molar-refractivity contribution is 7.54. The van der Waals surface area contributed by atoms with Crippen LogP contribution in [0.15, 0.2) is 42.5 Å². The number of ether oxygens (including phenoxy) is 1. The minimum absolute atomic E-state index is 0.385. The van der Waals surface area contributed by atoms with E-state index >= 15 is 0 Å². The fraction of sp³-hybridized carbons (Fsp3) is 0.235. The average Bonchev–Trinajstić information content (AvgIpc) is 3.08. The zero-order valence-corrected chi connectivity index (χ0v) is 16.1. The predicted molar refractivity (Wildman–Crippen MR) is 101 cm³/mol. The van der Waals surface area contributed by atoms with Crippen molar-refractivity contribution in [2.45, 2.75) is 5.78 Å². The average molecular weight is 396 g/mol. The number of aromatic nitrogens is 1. The fourth-order valence-electron chi connectivity index (χ4n) is 2.49. The summed E-state index contributed by atoms with van der Waals surface area (Å²) in [5.41, 5.74) is 1.34. The van der Waals surface area contributed by atoms with Crippen molar-refractivity contribution >= 4 is 34.3 Å². The molecule has 0 saturated carbocycles. The lowest BCUT2D eigenvalue weighted by atomic mass is 10.2. The summed E-state index contributed by atoms with van der Waals surface area (Å²) in [4.78, 5) is 4.50. The topological polar surface area (TPSA) is 69.7 Å². The van der Waals surface area contributed by atoms with Crippen molar-refractivity contribution in [2.75, 3.05) is 26.6 Å². The van der Waals surface area contributed by atoms with Gasteiger partial charge in [0.2, 0.25) is 0 Å². The summed E-state index contributed by atoms with van der Waals surface area (Å²) in [7, 11) is 0.675. The Kier molecular flexibility index (Phi) is 5.58. The van der Waals surface area contributed by atoms with Crippen molar-refractivity contribution in [1.82, 2.24) is 4.98 Å². The molecule has 0 aliphatic carbocycles. The quantitative estimate of drug-likeness (QED) is 0.564. The molecule has 1 aromatic heterocycles. The van der Waals surface area contributed by atoms with Gasteiger partial charge in [-0.15, -0.1) is 0 Å². The summed E-state index contributed by atoms with van der Waals surface area (Å²) in [6, 6.07) is 11.2. The van der Waals surface area contributed by atoms with Crippen molar-refractivity contribution in [2.24, 2.45) is 0 Å². The van der Waals surface area contributed by atoms with Crippen LogP contribution in [-0.4, -0.2) is 26.3 Å². The van der Waals surface area contributed by atoms with Gasteiger partial charge < -0.3 is 19.1 Å². The van der Waals surface area contributed by atoms with Crippen LogP contribution in [0.25, 0.3) is 10.2 Å². The standard InChI is InChI=1S/C17H18FN2O4PS/c1-22-13-8-9-14-15(10-13)26-17(19-14)20-16(25(21,23-2)24-3)11-4-6-12(18)7-5-11/h4-10,16H,1-3H3,(H,19,20). The summed E-state index contributed by atoms with van der Waals surface area (Å²) in [5, 5.41) is 3.65. The van der Waals surface area contributed by atoms with Crippen LogP contribution in [-0.2, 0) is 13.6 Å². The number of thiazole rings is 1. The fourth-order valence-corrected chi connectivity index (χ4v) is 4.88. The van der Waals surface area contributed by atoms with Crippen LogP contribution < -0.4 is 10.1 Å². The molecular formula is C17H18FN2O4PS. The third-order valence-corrected chi connectivity index (χ3v) is 6.89. The number of benzene rings is 2. The normalized spacial score (nSPS) is 12.9. The van der Waals surface area contributed by atoms with Gasteiger partial charge in [-0.25, -0.2) is 9.37 Å². The van der Waals surface area contributed by atoms with Gasteiger partial charge >= 0.3 is 7.60 Å². The molecule has 1 unspecified atom stereocenters. The summed E-state index contributed by atoms with van der Waals surface area (Å²) >= 11 is 1.38. The molecule has 0 bridgehead atoms. The largest absolute Gasteiger partial charge is 0.497 e. The molecule has 0 radical (unpaired) electrons. The first-order valence-corrected chi connectivity index (χ1v) is 10.1. The second-order valence-corrected chi connectivity index (χ2v) is 8.71. The Morgan fingerprint density at radius 3 is 2.42 bits per heavy atom. The van der Waals surface area contributed by atoms with Crippen molar-refractivity contribution in [3.05, 3.63) is 53.8 Å². The van der Waals surface area contributed by atoms with Gasteiger partial charge in [0.25, 0.3) is 0 Å². The monoisotopic (exact) mass is 396 g/mol. The number of hydrogen-bond acceptors (Lipinski definition) is 7. The third kappa shape index (κ3) is 3.73. The van der Waals surface area contributed by atoms with Crippen molar-refractivity contribution < 1.29 is 22.7 Å². The Balaban J connectivity index is 2.00. The molecule has 0 aliphatic heterocycles. The maximum atomic E-state index is 13.3. The van der Waals surface area contributed by atoms with E-state index in [9.17, 15) is 8.96 Å². The number of halogens is 1. The summed E-state index contributed by atoms with van der Waals surface area (Å²) in [5.74, 6) is -0.493. The van der Waals surface area contributed by atoms with Gasteiger partial charge in [0.1, 0.15) is 11.6 Å². The van der Waals surface area contributed by atoms with Crippen molar-refractivity contribution in [3.63, 3.8) is 0 Å². The third-order valence-electron chi connectivity index (χ3n) is 3.87. The lowest BCUT2D eigenvalue weighted by Gasteiger charge is -2.25. The molecule has 1 atom stereocenters. The van der Waals surface area contributed by atoms with Gasteiger partial charge in [-0.3, -0.25) is 4.57 Å². The highest BCUT2D eigenvalue weighted by Crippen LogP contribution is 2.59. The molecule has 0 saturated heterocycles. The second-order valence-electron chi connectivity index (χ2n) is 5.36. The molecule has 1 heterocycles. The van der Waals surface area contributed by atoms with E-state index < -0.39 is 13.4 Å². The number of fused-ring (bicyclic) bond motifs is 1. The molecule has 9 heteroatoms. The number of methoxy groups -OCH3 is 1. The molecular weight excluding hydrogens is 378 g/mol. The van der Waals surface area contributed by atoms with E-state index in [1.165, 1.54) is 49.8 Å². The van der Waals surface area contributed by atoms with E-state index in [0.717, 1.165) is 16.0 Å². The van der Waals surface area contributed by atoms with E-state index in [4.69, 9.17) is 13.8 Å². The van der Waals surface area contributed by atoms with Crippen LogP contribution >= 0.6 is 18.9 Å². The first-order chi connectivity index (χ1) is 12.5. The smallest absolute Gasteiger partial charge is 0.356 e. The number of rotatable bonds is 7. The Bertz CT molecular complexity index is 940. The van der Waals surface area contributed by atoms with Gasteiger partial charge in [-0.05, 0) is 35.9 Å². The molecule has 26 heavy (non-hydrogen) atoms. The van der Waals surface area contributed by atoms with Crippen LogP contribution in [0.1, 0.15) is 11.3 Å². The molecule has 0 aliphatic rings. The van der Waals surface area contributed by atoms with Crippen LogP contribution in [0.5, 0.6) is 5.75 Å². The number of anilines is 1. The van der Waals surface area contributed by atoms with E-state index in [1.54, 1.807) is 7.11 Å². The van der Waals surface area contributed by atoms with Crippen molar-refractivity contribution in [3.8, 4) is 5.75 Å². The first kappa shape index (κ1) is 18.8. The van der Waals surface area contributed by atoms with Crippen LogP contribution in [0.2, 0.25) is 0 Å². The molecule has 3 aromatic rings. The molecule has 3 rings (SSSR count). The minimum atomic E-state index is -3.54. The highest BCUT2D eigenvalue weighted by Gasteiger charge is 2.36. The summed E-state index contributed by atoms with van der Waals surface area (Å²) in [6.45, 7) is 0. The lowest BCUT2D eigenvalue weighted by molar-refractivity contribution is 0.268. The zero-order chi connectivity index (χ0) is 18.7. The molecule has 1 N–H and O–H groups in total. The molecule has 0 spiro atoms. The Hall–Kier alpha value is -1.99. The summed E-state index contributed by atoms with van der Waals surface area (Å²) in [6.07, 6.45) is 0. The molecule has 6 nitrogen and oxygen atoms in total. The number of hydrogen-bond donors (Lipinski definition) is 1. The number of nitrogens with one attached hydrogen (secondary N) is 1.